The van der Waals surface area contributed by atoms with Crippen LogP contribution in [-0.4, -0.2) is 14.8 Å². The largest absolute Gasteiger partial charge is 0.443 e. The van der Waals surface area contributed by atoms with Crippen molar-refractivity contribution in [3.8, 4) is 17.3 Å². The molecule has 9 heteroatoms. The molecule has 3 aromatic rings. The van der Waals surface area contributed by atoms with E-state index in [1.165, 1.54) is 0 Å². The predicted molar refractivity (Wildman–Crippen MR) is 75.3 cm³/mol. The molecule has 2 heterocycles. The minimum atomic E-state index is -4.51. The molecule has 5 nitrogen and oxygen atoms in total. The first-order valence-electron chi connectivity index (χ1n) is 6.25. The molecule has 0 unspecified atom stereocenters. The second-order valence-corrected chi connectivity index (χ2v) is 4.87. The first-order chi connectivity index (χ1) is 10.9. The van der Waals surface area contributed by atoms with E-state index in [2.05, 4.69) is 10.1 Å². The lowest BCUT2D eigenvalue weighted by atomic mass is 10.2. The Balaban J connectivity index is 2.02. The molecule has 0 aliphatic heterocycles. The smallest absolute Gasteiger partial charge is 0.387 e. The number of halogens is 4. The number of pyridine rings is 1. The lowest BCUT2D eigenvalue weighted by Gasteiger charge is -2.05. The van der Waals surface area contributed by atoms with Gasteiger partial charge in [-0.25, -0.2) is 9.78 Å². The summed E-state index contributed by atoms with van der Waals surface area (Å²) in [5.41, 5.74) is -0.541. The molecule has 2 aromatic heterocycles. The Kier molecular flexibility index (Phi) is 3.69. The van der Waals surface area contributed by atoms with Gasteiger partial charge in [-0.15, -0.1) is 9.78 Å². The highest BCUT2D eigenvalue weighted by molar-refractivity contribution is 6.33. The van der Waals surface area contributed by atoms with E-state index in [0.717, 1.165) is 16.8 Å². The van der Waals surface area contributed by atoms with Gasteiger partial charge in [0.05, 0.1) is 16.1 Å². The summed E-state index contributed by atoms with van der Waals surface area (Å²) in [6, 6.07) is 8.39. The van der Waals surface area contributed by atoms with Gasteiger partial charge in [0, 0.05) is 6.20 Å². The number of alkyl halides is 3. The number of hydrogen-bond donors (Lipinski definition) is 0. The minimum absolute atomic E-state index is 0.0534. The molecule has 0 radical (unpaired) electrons. The predicted octanol–water partition coefficient (Wildman–Crippen LogP) is 3.56. The molecule has 0 saturated carbocycles. The van der Waals surface area contributed by atoms with E-state index in [-0.39, 0.29) is 11.7 Å². The molecular weight excluding hydrogens is 335 g/mol. The summed E-state index contributed by atoms with van der Waals surface area (Å²) in [5.74, 6) is -1.03. The van der Waals surface area contributed by atoms with Crippen LogP contribution in [0.3, 0.4) is 0 Å². The lowest BCUT2D eigenvalue weighted by molar-refractivity contribution is -0.137. The zero-order chi connectivity index (χ0) is 16.6. The van der Waals surface area contributed by atoms with Gasteiger partial charge in [0.25, 0.3) is 5.89 Å². The van der Waals surface area contributed by atoms with E-state index in [1.807, 2.05) is 0 Å². The standard InChI is InChI=1S/C14H7ClF3N3O2/c15-10-4-2-1-3-9(10)12-20-21(13(22)23-12)11-6-5-8(7-19-11)14(16,17)18/h1-7H. The monoisotopic (exact) mass is 341 g/mol. The topological polar surface area (TPSA) is 60.9 Å². The summed E-state index contributed by atoms with van der Waals surface area (Å²) in [6.45, 7) is 0. The maximum Gasteiger partial charge on any atom is 0.443 e. The van der Waals surface area contributed by atoms with Crippen molar-refractivity contribution in [3.05, 3.63) is 63.7 Å². The van der Waals surface area contributed by atoms with E-state index < -0.39 is 17.5 Å². The molecule has 118 valence electrons. The lowest BCUT2D eigenvalue weighted by Crippen LogP contribution is -2.15. The average Bonchev–Trinajstić information content (AvgIpc) is 2.89. The van der Waals surface area contributed by atoms with Gasteiger partial charge in [0.15, 0.2) is 5.82 Å². The van der Waals surface area contributed by atoms with Crippen LogP contribution in [0.2, 0.25) is 5.02 Å². The fraction of sp³-hybridized carbons (Fsp3) is 0.0714. The van der Waals surface area contributed by atoms with Crippen LogP contribution in [0.15, 0.2) is 51.8 Å². The number of aromatic nitrogens is 3. The van der Waals surface area contributed by atoms with Gasteiger partial charge < -0.3 is 4.42 Å². The third-order valence-corrected chi connectivity index (χ3v) is 3.27. The van der Waals surface area contributed by atoms with Crippen molar-refractivity contribution < 1.29 is 17.6 Å². The van der Waals surface area contributed by atoms with Crippen LogP contribution in [0.5, 0.6) is 0 Å². The number of rotatable bonds is 2. The Morgan fingerprint density at radius 2 is 1.87 bits per heavy atom. The van der Waals surface area contributed by atoms with Crippen molar-refractivity contribution in [1.29, 1.82) is 0 Å². The van der Waals surface area contributed by atoms with Crippen molar-refractivity contribution in [1.82, 2.24) is 14.8 Å². The van der Waals surface area contributed by atoms with Crippen LogP contribution in [-0.2, 0) is 6.18 Å². The fourth-order valence-electron chi connectivity index (χ4n) is 1.85. The Morgan fingerprint density at radius 3 is 2.48 bits per heavy atom. The van der Waals surface area contributed by atoms with Crippen LogP contribution >= 0.6 is 11.6 Å². The normalized spacial score (nSPS) is 11.7. The van der Waals surface area contributed by atoms with Crippen LogP contribution in [0.25, 0.3) is 17.3 Å². The molecule has 0 amide bonds. The maximum absolute atomic E-state index is 12.5. The van der Waals surface area contributed by atoms with Crippen molar-refractivity contribution in [3.63, 3.8) is 0 Å². The third kappa shape index (κ3) is 2.98. The first kappa shape index (κ1) is 15.3. The van der Waals surface area contributed by atoms with Crippen molar-refractivity contribution in [2.75, 3.05) is 0 Å². The van der Waals surface area contributed by atoms with E-state index >= 15 is 0 Å². The Morgan fingerprint density at radius 1 is 1.13 bits per heavy atom. The van der Waals surface area contributed by atoms with Gasteiger partial charge in [-0.2, -0.15) is 13.2 Å². The quantitative estimate of drug-likeness (QED) is 0.715. The first-order valence-corrected chi connectivity index (χ1v) is 6.63. The highest BCUT2D eigenvalue weighted by Crippen LogP contribution is 2.29. The summed E-state index contributed by atoms with van der Waals surface area (Å²) in [4.78, 5) is 15.4. The van der Waals surface area contributed by atoms with E-state index in [0.29, 0.717) is 16.8 Å². The second-order valence-electron chi connectivity index (χ2n) is 4.47. The summed E-state index contributed by atoms with van der Waals surface area (Å²) < 4.78 is 43.3. The number of hydrogen-bond acceptors (Lipinski definition) is 4. The Labute approximate surface area is 132 Å². The summed E-state index contributed by atoms with van der Waals surface area (Å²) in [7, 11) is 0. The zero-order valence-corrected chi connectivity index (χ0v) is 12.0. The molecule has 0 N–H and O–H groups in total. The van der Waals surface area contributed by atoms with Crippen LogP contribution < -0.4 is 5.76 Å². The molecule has 0 saturated heterocycles. The zero-order valence-electron chi connectivity index (χ0n) is 11.2. The van der Waals surface area contributed by atoms with Gasteiger partial charge >= 0.3 is 11.9 Å². The summed E-state index contributed by atoms with van der Waals surface area (Å²) in [6.07, 6.45) is -3.89. The maximum atomic E-state index is 12.5. The molecule has 0 fully saturated rings. The second kappa shape index (κ2) is 5.54. The van der Waals surface area contributed by atoms with E-state index in [4.69, 9.17) is 16.0 Å². The minimum Gasteiger partial charge on any atom is -0.387 e. The summed E-state index contributed by atoms with van der Waals surface area (Å²) >= 11 is 5.99. The highest BCUT2D eigenvalue weighted by atomic mass is 35.5. The molecule has 23 heavy (non-hydrogen) atoms. The molecule has 0 bridgehead atoms. The van der Waals surface area contributed by atoms with Gasteiger partial charge in [0.1, 0.15) is 0 Å². The van der Waals surface area contributed by atoms with Crippen molar-refractivity contribution >= 4 is 11.6 Å². The number of nitrogens with zero attached hydrogens (tertiary/aromatic N) is 3. The van der Waals surface area contributed by atoms with Gasteiger partial charge in [-0.05, 0) is 24.3 Å². The van der Waals surface area contributed by atoms with Crippen LogP contribution in [0.1, 0.15) is 5.56 Å². The molecule has 0 atom stereocenters. The number of benzene rings is 1. The third-order valence-electron chi connectivity index (χ3n) is 2.94. The van der Waals surface area contributed by atoms with E-state index in [9.17, 15) is 18.0 Å². The van der Waals surface area contributed by atoms with Gasteiger partial charge in [-0.3, -0.25) is 0 Å². The van der Waals surface area contributed by atoms with E-state index in [1.54, 1.807) is 24.3 Å². The molecule has 0 aliphatic rings. The fourth-order valence-corrected chi connectivity index (χ4v) is 2.06. The molecule has 0 spiro atoms. The van der Waals surface area contributed by atoms with Crippen molar-refractivity contribution in [2.45, 2.75) is 6.18 Å². The average molecular weight is 342 g/mol. The van der Waals surface area contributed by atoms with Crippen LogP contribution in [0.4, 0.5) is 13.2 Å². The molecule has 1 aromatic carbocycles. The van der Waals surface area contributed by atoms with Gasteiger partial charge in [0.2, 0.25) is 0 Å². The Bertz CT molecular complexity index is 901. The molecule has 3 rings (SSSR count). The van der Waals surface area contributed by atoms with Gasteiger partial charge in [-0.1, -0.05) is 23.7 Å². The SMILES string of the molecule is O=c1oc(-c2ccccc2Cl)nn1-c1ccc(C(F)(F)F)cn1. The summed E-state index contributed by atoms with van der Waals surface area (Å²) in [5, 5.41) is 4.23. The molecule has 0 aliphatic carbocycles. The highest BCUT2D eigenvalue weighted by Gasteiger charge is 2.30. The van der Waals surface area contributed by atoms with Crippen LogP contribution in [0, 0.1) is 0 Å². The van der Waals surface area contributed by atoms with Crippen molar-refractivity contribution in [2.24, 2.45) is 0 Å². The molecular formula is C14H7ClF3N3O2. The Hall–Kier alpha value is -2.61.